The van der Waals surface area contributed by atoms with Gasteiger partial charge in [-0.05, 0) is 50.1 Å². The Kier molecular flexibility index (Phi) is 4.96. The molecule has 1 heterocycles. The van der Waals surface area contributed by atoms with Gasteiger partial charge >= 0.3 is 0 Å². The molecule has 100 valence electrons. The van der Waals surface area contributed by atoms with Crippen LogP contribution in [0.1, 0.15) is 19.3 Å². The van der Waals surface area contributed by atoms with E-state index in [1.807, 2.05) is 0 Å². The van der Waals surface area contributed by atoms with Gasteiger partial charge in [0.2, 0.25) is 0 Å². The van der Waals surface area contributed by atoms with E-state index >= 15 is 0 Å². The summed E-state index contributed by atoms with van der Waals surface area (Å²) in [5.74, 6) is 0.460. The molecule has 4 heteroatoms. The zero-order valence-corrected chi connectivity index (χ0v) is 10.5. The third kappa shape index (κ3) is 3.68. The molecule has 1 saturated heterocycles. The Balaban J connectivity index is 1.65. The average Bonchev–Trinajstić information content (AvgIpc) is 2.84. The molecule has 2 rings (SSSR count). The van der Waals surface area contributed by atoms with Crippen molar-refractivity contribution in [3.05, 3.63) is 30.1 Å². The fourth-order valence-corrected chi connectivity index (χ4v) is 2.38. The molecule has 18 heavy (non-hydrogen) atoms. The van der Waals surface area contributed by atoms with Gasteiger partial charge in [-0.15, -0.1) is 0 Å². The van der Waals surface area contributed by atoms with Gasteiger partial charge in [0.05, 0.1) is 13.2 Å². The molecule has 1 aromatic carbocycles. The number of likely N-dealkylation sites (tertiary alicyclic amines) is 1. The highest BCUT2D eigenvalue weighted by Crippen LogP contribution is 2.17. The normalized spacial score (nSPS) is 20.2. The van der Waals surface area contributed by atoms with E-state index in [2.05, 4.69) is 4.90 Å². The van der Waals surface area contributed by atoms with Crippen LogP contribution in [-0.4, -0.2) is 42.4 Å². The molecule has 1 aliphatic rings. The van der Waals surface area contributed by atoms with Gasteiger partial charge in [0.25, 0.3) is 0 Å². The number of rotatable bonds is 6. The molecule has 1 aliphatic heterocycles. The lowest BCUT2D eigenvalue weighted by Gasteiger charge is -2.22. The maximum atomic E-state index is 12.7. The summed E-state index contributed by atoms with van der Waals surface area (Å²) in [6.07, 6.45) is 3.19. The molecule has 1 N–H and O–H groups in total. The largest absolute Gasteiger partial charge is 0.494 e. The molecular formula is C14H20FNO2. The summed E-state index contributed by atoms with van der Waals surface area (Å²) in [6.45, 7) is 2.90. The van der Waals surface area contributed by atoms with E-state index in [4.69, 9.17) is 4.74 Å². The first-order valence-electron chi connectivity index (χ1n) is 6.53. The van der Waals surface area contributed by atoms with E-state index in [1.165, 1.54) is 18.6 Å². The number of benzene rings is 1. The quantitative estimate of drug-likeness (QED) is 0.788. The molecule has 0 bridgehead atoms. The lowest BCUT2D eigenvalue weighted by Crippen LogP contribution is -2.33. The van der Waals surface area contributed by atoms with E-state index in [-0.39, 0.29) is 12.4 Å². The van der Waals surface area contributed by atoms with Gasteiger partial charge < -0.3 is 9.84 Å². The predicted octanol–water partition coefficient (Wildman–Crippen LogP) is 2.05. The van der Waals surface area contributed by atoms with E-state index in [0.29, 0.717) is 18.4 Å². The molecular weight excluding hydrogens is 233 g/mol. The van der Waals surface area contributed by atoms with Gasteiger partial charge in [0.1, 0.15) is 11.6 Å². The summed E-state index contributed by atoms with van der Waals surface area (Å²) in [4.78, 5) is 2.31. The number of hydrogen-bond acceptors (Lipinski definition) is 3. The highest BCUT2D eigenvalue weighted by molar-refractivity contribution is 5.21. The van der Waals surface area contributed by atoms with Crippen molar-refractivity contribution >= 4 is 0 Å². The lowest BCUT2D eigenvalue weighted by molar-refractivity contribution is 0.150. The van der Waals surface area contributed by atoms with Gasteiger partial charge in [0, 0.05) is 12.6 Å². The maximum absolute atomic E-state index is 12.7. The summed E-state index contributed by atoms with van der Waals surface area (Å²) in [6, 6.07) is 6.41. The number of aliphatic hydroxyl groups excluding tert-OH is 1. The molecule has 0 saturated carbocycles. The summed E-state index contributed by atoms with van der Waals surface area (Å²) >= 11 is 0. The number of halogens is 1. The van der Waals surface area contributed by atoms with Crippen molar-refractivity contribution in [3.63, 3.8) is 0 Å². The van der Waals surface area contributed by atoms with Crippen molar-refractivity contribution in [2.75, 3.05) is 26.3 Å². The fraction of sp³-hybridized carbons (Fsp3) is 0.571. The lowest BCUT2D eigenvalue weighted by atomic mass is 10.2. The van der Waals surface area contributed by atoms with E-state index in [0.717, 1.165) is 25.9 Å². The highest BCUT2D eigenvalue weighted by Gasteiger charge is 2.22. The Hall–Kier alpha value is -1.13. The molecule has 0 amide bonds. The first-order chi connectivity index (χ1) is 8.79. The summed E-state index contributed by atoms with van der Waals surface area (Å²) < 4.78 is 18.2. The second-order valence-electron chi connectivity index (χ2n) is 4.67. The molecule has 1 atom stereocenters. The van der Waals surface area contributed by atoms with Crippen molar-refractivity contribution < 1.29 is 14.2 Å². The molecule has 0 spiro atoms. The third-order valence-corrected chi connectivity index (χ3v) is 3.38. The minimum atomic E-state index is -0.245. The standard InChI is InChI=1S/C14H20FNO2/c15-12-4-6-14(7-5-12)18-10-2-9-16-8-1-3-13(16)11-17/h4-7,13,17H,1-3,8-11H2. The van der Waals surface area contributed by atoms with Gasteiger partial charge in [0.15, 0.2) is 0 Å². The van der Waals surface area contributed by atoms with Crippen LogP contribution in [-0.2, 0) is 0 Å². The Bertz CT molecular complexity index is 355. The van der Waals surface area contributed by atoms with Gasteiger partial charge in [-0.1, -0.05) is 0 Å². The zero-order valence-electron chi connectivity index (χ0n) is 10.5. The Labute approximate surface area is 107 Å². The van der Waals surface area contributed by atoms with Crippen LogP contribution >= 0.6 is 0 Å². The first kappa shape index (κ1) is 13.3. The smallest absolute Gasteiger partial charge is 0.123 e. The van der Waals surface area contributed by atoms with Gasteiger partial charge in [-0.25, -0.2) is 4.39 Å². The topological polar surface area (TPSA) is 32.7 Å². The van der Waals surface area contributed by atoms with E-state index in [1.54, 1.807) is 12.1 Å². The maximum Gasteiger partial charge on any atom is 0.123 e. The average molecular weight is 253 g/mol. The minimum absolute atomic E-state index is 0.245. The summed E-state index contributed by atoms with van der Waals surface area (Å²) in [5, 5.41) is 9.19. The summed E-state index contributed by atoms with van der Waals surface area (Å²) in [5.41, 5.74) is 0. The minimum Gasteiger partial charge on any atom is -0.494 e. The van der Waals surface area contributed by atoms with E-state index in [9.17, 15) is 9.50 Å². The van der Waals surface area contributed by atoms with Crippen molar-refractivity contribution in [1.29, 1.82) is 0 Å². The van der Waals surface area contributed by atoms with Crippen molar-refractivity contribution in [1.82, 2.24) is 4.90 Å². The highest BCUT2D eigenvalue weighted by atomic mass is 19.1. The van der Waals surface area contributed by atoms with Crippen LogP contribution in [0.15, 0.2) is 24.3 Å². The van der Waals surface area contributed by atoms with Gasteiger partial charge in [-0.3, -0.25) is 4.90 Å². The SMILES string of the molecule is OCC1CCCN1CCCOc1ccc(F)cc1. The molecule has 1 aromatic rings. The van der Waals surface area contributed by atoms with Crippen LogP contribution < -0.4 is 4.74 Å². The van der Waals surface area contributed by atoms with Crippen molar-refractivity contribution in [2.45, 2.75) is 25.3 Å². The van der Waals surface area contributed by atoms with Crippen molar-refractivity contribution in [3.8, 4) is 5.75 Å². The summed E-state index contributed by atoms with van der Waals surface area (Å²) in [7, 11) is 0. The predicted molar refractivity (Wildman–Crippen MR) is 68.2 cm³/mol. The third-order valence-electron chi connectivity index (χ3n) is 3.38. The van der Waals surface area contributed by atoms with Crippen LogP contribution in [0.3, 0.4) is 0 Å². The zero-order chi connectivity index (χ0) is 12.8. The second-order valence-corrected chi connectivity index (χ2v) is 4.67. The van der Waals surface area contributed by atoms with Crippen LogP contribution in [0, 0.1) is 5.82 Å². The number of hydrogen-bond donors (Lipinski definition) is 1. The first-order valence-corrected chi connectivity index (χ1v) is 6.53. The van der Waals surface area contributed by atoms with E-state index < -0.39 is 0 Å². The number of nitrogens with zero attached hydrogens (tertiary/aromatic N) is 1. The molecule has 0 radical (unpaired) electrons. The fourth-order valence-electron chi connectivity index (χ4n) is 2.38. The Morgan fingerprint density at radius 2 is 2.11 bits per heavy atom. The van der Waals surface area contributed by atoms with Crippen LogP contribution in [0.2, 0.25) is 0 Å². The molecule has 1 unspecified atom stereocenters. The van der Waals surface area contributed by atoms with Crippen LogP contribution in [0.25, 0.3) is 0 Å². The van der Waals surface area contributed by atoms with Crippen LogP contribution in [0.4, 0.5) is 4.39 Å². The van der Waals surface area contributed by atoms with Crippen molar-refractivity contribution in [2.24, 2.45) is 0 Å². The Morgan fingerprint density at radius 1 is 1.33 bits per heavy atom. The number of aliphatic hydroxyl groups is 1. The molecule has 0 aromatic heterocycles. The second kappa shape index (κ2) is 6.71. The molecule has 0 aliphatic carbocycles. The Morgan fingerprint density at radius 3 is 2.83 bits per heavy atom. The van der Waals surface area contributed by atoms with Crippen LogP contribution in [0.5, 0.6) is 5.75 Å². The molecule has 3 nitrogen and oxygen atoms in total. The van der Waals surface area contributed by atoms with Gasteiger partial charge in [-0.2, -0.15) is 0 Å². The monoisotopic (exact) mass is 253 g/mol. The molecule has 1 fully saturated rings. The number of ether oxygens (including phenoxy) is 1.